The summed E-state index contributed by atoms with van der Waals surface area (Å²) < 4.78 is 4.94. The number of rotatable bonds is 6. The molecule has 0 saturated heterocycles. The van der Waals surface area contributed by atoms with E-state index in [0.717, 1.165) is 12.1 Å². The van der Waals surface area contributed by atoms with Gasteiger partial charge in [-0.05, 0) is 25.5 Å². The molecule has 0 aromatic heterocycles. The fraction of sp³-hybridized carbons (Fsp3) is 0.462. The predicted octanol–water partition coefficient (Wildman–Crippen LogP) is 2.05. The zero-order valence-corrected chi connectivity index (χ0v) is 10.5. The van der Waals surface area contributed by atoms with Gasteiger partial charge in [0.05, 0.1) is 11.4 Å². The number of nitrogen functional groups attached to an aromatic ring is 1. The normalized spacial score (nSPS) is 10.2. The summed E-state index contributed by atoms with van der Waals surface area (Å²) in [4.78, 5) is 13.7. The second-order valence-corrected chi connectivity index (χ2v) is 3.79. The summed E-state index contributed by atoms with van der Waals surface area (Å²) in [7, 11) is 1.64. The highest BCUT2D eigenvalue weighted by Gasteiger charge is 2.15. The summed E-state index contributed by atoms with van der Waals surface area (Å²) in [5.41, 5.74) is 7.29. The molecular formula is C13H20N2O2. The molecule has 0 bridgehead atoms. The molecule has 1 aromatic carbocycles. The molecule has 4 heteroatoms. The number of ether oxygens (including phenoxy) is 1. The van der Waals surface area contributed by atoms with Gasteiger partial charge in [-0.1, -0.05) is 12.1 Å². The second kappa shape index (κ2) is 6.91. The molecule has 0 spiro atoms. The average Bonchev–Trinajstić information content (AvgIpc) is 2.33. The van der Waals surface area contributed by atoms with Crippen molar-refractivity contribution < 1.29 is 9.53 Å². The molecule has 17 heavy (non-hydrogen) atoms. The van der Waals surface area contributed by atoms with Crippen LogP contribution in [0, 0.1) is 0 Å². The molecule has 94 valence electrons. The lowest BCUT2D eigenvalue weighted by Gasteiger charge is -2.22. The van der Waals surface area contributed by atoms with Crippen LogP contribution >= 0.6 is 0 Å². The molecular weight excluding hydrogens is 216 g/mol. The maximum absolute atomic E-state index is 12.0. The van der Waals surface area contributed by atoms with E-state index in [-0.39, 0.29) is 5.91 Å². The van der Waals surface area contributed by atoms with Crippen LogP contribution in [0.2, 0.25) is 0 Å². The zero-order chi connectivity index (χ0) is 12.7. The quantitative estimate of drug-likeness (QED) is 0.607. The van der Waals surface area contributed by atoms with Crippen molar-refractivity contribution in [2.24, 2.45) is 0 Å². The first-order valence-corrected chi connectivity index (χ1v) is 5.84. The first-order chi connectivity index (χ1) is 8.20. The Morgan fingerprint density at radius 2 is 2.12 bits per heavy atom. The molecule has 0 atom stereocenters. The maximum atomic E-state index is 12.0. The summed E-state index contributed by atoms with van der Waals surface area (Å²) in [5, 5.41) is 0. The van der Waals surface area contributed by atoms with Crippen LogP contribution in [0.15, 0.2) is 24.3 Å². The molecule has 1 rings (SSSR count). The summed E-state index contributed by atoms with van der Waals surface area (Å²) in [6.07, 6.45) is 1.22. The molecule has 1 aromatic rings. The summed E-state index contributed by atoms with van der Waals surface area (Å²) >= 11 is 0. The van der Waals surface area contributed by atoms with Crippen LogP contribution in [0.25, 0.3) is 0 Å². The summed E-state index contributed by atoms with van der Waals surface area (Å²) in [6.45, 7) is 3.17. The van der Waals surface area contributed by atoms with Crippen molar-refractivity contribution in [2.75, 3.05) is 30.9 Å². The predicted molar refractivity (Wildman–Crippen MR) is 70.0 cm³/mol. The van der Waals surface area contributed by atoms with Crippen molar-refractivity contribution in [2.45, 2.75) is 19.8 Å². The SMILES string of the molecule is CCN(C(=O)CCCOC)c1ccccc1N. The van der Waals surface area contributed by atoms with Crippen LogP contribution in [0.1, 0.15) is 19.8 Å². The molecule has 0 saturated carbocycles. The lowest BCUT2D eigenvalue weighted by atomic mass is 10.2. The minimum Gasteiger partial charge on any atom is -0.397 e. The number of nitrogens with zero attached hydrogens (tertiary/aromatic N) is 1. The van der Waals surface area contributed by atoms with Gasteiger partial charge in [-0.3, -0.25) is 4.79 Å². The number of hydrogen-bond donors (Lipinski definition) is 1. The van der Waals surface area contributed by atoms with Gasteiger partial charge in [0.2, 0.25) is 5.91 Å². The number of para-hydroxylation sites is 2. The first-order valence-electron chi connectivity index (χ1n) is 5.84. The Morgan fingerprint density at radius 3 is 2.71 bits per heavy atom. The van der Waals surface area contributed by atoms with E-state index >= 15 is 0 Å². The minimum atomic E-state index is 0.0856. The number of benzene rings is 1. The monoisotopic (exact) mass is 236 g/mol. The van der Waals surface area contributed by atoms with Crippen molar-refractivity contribution in [3.8, 4) is 0 Å². The summed E-state index contributed by atoms with van der Waals surface area (Å²) in [6, 6.07) is 7.42. The largest absolute Gasteiger partial charge is 0.397 e. The Bertz CT molecular complexity index is 366. The topological polar surface area (TPSA) is 55.6 Å². The fourth-order valence-corrected chi connectivity index (χ4v) is 1.72. The van der Waals surface area contributed by atoms with Crippen molar-refractivity contribution in [3.05, 3.63) is 24.3 Å². The van der Waals surface area contributed by atoms with Crippen molar-refractivity contribution in [1.29, 1.82) is 0 Å². The van der Waals surface area contributed by atoms with Crippen LogP contribution in [0.5, 0.6) is 0 Å². The lowest BCUT2D eigenvalue weighted by molar-refractivity contribution is -0.118. The van der Waals surface area contributed by atoms with Crippen LogP contribution in [-0.2, 0) is 9.53 Å². The standard InChI is InChI=1S/C13H20N2O2/c1-3-15(13(16)9-6-10-17-2)12-8-5-4-7-11(12)14/h4-5,7-8H,3,6,9-10,14H2,1-2H3. The highest BCUT2D eigenvalue weighted by molar-refractivity contribution is 5.96. The Balaban J connectivity index is 2.71. The number of carbonyl (C=O) groups excluding carboxylic acids is 1. The Hall–Kier alpha value is -1.55. The third-order valence-corrected chi connectivity index (χ3v) is 2.58. The van der Waals surface area contributed by atoms with Crippen LogP contribution in [0.3, 0.4) is 0 Å². The van der Waals surface area contributed by atoms with Crippen molar-refractivity contribution in [1.82, 2.24) is 0 Å². The van der Waals surface area contributed by atoms with Crippen LogP contribution in [-0.4, -0.2) is 26.2 Å². The number of nitrogens with two attached hydrogens (primary N) is 1. The number of methoxy groups -OCH3 is 1. The molecule has 0 fully saturated rings. The molecule has 0 aliphatic rings. The number of amides is 1. The van der Waals surface area contributed by atoms with Gasteiger partial charge in [-0.25, -0.2) is 0 Å². The Labute approximate surface area is 102 Å². The van der Waals surface area contributed by atoms with E-state index in [1.54, 1.807) is 18.1 Å². The minimum absolute atomic E-state index is 0.0856. The highest BCUT2D eigenvalue weighted by atomic mass is 16.5. The average molecular weight is 236 g/mol. The van der Waals surface area contributed by atoms with Gasteiger partial charge < -0.3 is 15.4 Å². The zero-order valence-electron chi connectivity index (χ0n) is 10.5. The van der Waals surface area contributed by atoms with Gasteiger partial charge >= 0.3 is 0 Å². The van der Waals surface area contributed by atoms with E-state index in [1.807, 2.05) is 25.1 Å². The number of hydrogen-bond acceptors (Lipinski definition) is 3. The van der Waals surface area contributed by atoms with Crippen LogP contribution in [0.4, 0.5) is 11.4 Å². The van der Waals surface area contributed by atoms with E-state index in [2.05, 4.69) is 0 Å². The van der Waals surface area contributed by atoms with E-state index in [1.165, 1.54) is 0 Å². The van der Waals surface area contributed by atoms with Gasteiger partial charge in [0.25, 0.3) is 0 Å². The van der Waals surface area contributed by atoms with Gasteiger partial charge in [-0.2, -0.15) is 0 Å². The van der Waals surface area contributed by atoms with E-state index in [9.17, 15) is 4.79 Å². The second-order valence-electron chi connectivity index (χ2n) is 3.79. The molecule has 0 aliphatic carbocycles. The van der Waals surface area contributed by atoms with E-state index in [4.69, 9.17) is 10.5 Å². The molecule has 2 N–H and O–H groups in total. The van der Waals surface area contributed by atoms with Crippen LogP contribution < -0.4 is 10.6 Å². The van der Waals surface area contributed by atoms with Gasteiger partial charge in [-0.15, -0.1) is 0 Å². The molecule has 4 nitrogen and oxygen atoms in total. The molecule has 0 aliphatic heterocycles. The third kappa shape index (κ3) is 3.75. The van der Waals surface area contributed by atoms with Gasteiger partial charge in [0, 0.05) is 26.7 Å². The Morgan fingerprint density at radius 1 is 1.41 bits per heavy atom. The lowest BCUT2D eigenvalue weighted by Crippen LogP contribution is -2.31. The van der Waals surface area contributed by atoms with E-state index in [0.29, 0.717) is 25.3 Å². The molecule has 0 unspecified atom stereocenters. The number of anilines is 2. The molecule has 0 radical (unpaired) electrons. The van der Waals surface area contributed by atoms with Gasteiger partial charge in [0.1, 0.15) is 0 Å². The number of carbonyl (C=O) groups is 1. The summed E-state index contributed by atoms with van der Waals surface area (Å²) in [5.74, 6) is 0.0856. The van der Waals surface area contributed by atoms with E-state index < -0.39 is 0 Å². The smallest absolute Gasteiger partial charge is 0.227 e. The first kappa shape index (κ1) is 13.5. The Kier molecular flexibility index (Phi) is 5.49. The van der Waals surface area contributed by atoms with Gasteiger partial charge in [0.15, 0.2) is 0 Å². The maximum Gasteiger partial charge on any atom is 0.227 e. The highest BCUT2D eigenvalue weighted by Crippen LogP contribution is 2.23. The molecule has 1 amide bonds. The van der Waals surface area contributed by atoms with Crippen molar-refractivity contribution in [3.63, 3.8) is 0 Å². The fourth-order valence-electron chi connectivity index (χ4n) is 1.72. The van der Waals surface area contributed by atoms with Crippen molar-refractivity contribution >= 4 is 17.3 Å². The molecule has 0 heterocycles. The third-order valence-electron chi connectivity index (χ3n) is 2.58.